The van der Waals surface area contributed by atoms with Crippen LogP contribution in [0.15, 0.2) is 24.3 Å². The van der Waals surface area contributed by atoms with Crippen molar-refractivity contribution >= 4 is 5.91 Å². The first-order valence-corrected chi connectivity index (χ1v) is 8.26. The number of aryl methyl sites for hydroxylation is 1. The maximum atomic E-state index is 12.2. The molecule has 0 bridgehead atoms. The average molecular weight is 313 g/mol. The summed E-state index contributed by atoms with van der Waals surface area (Å²) in [6, 6.07) is 8.16. The van der Waals surface area contributed by atoms with Gasteiger partial charge in [-0.15, -0.1) is 10.2 Å². The number of benzene rings is 1. The van der Waals surface area contributed by atoms with Crippen molar-refractivity contribution in [3.63, 3.8) is 0 Å². The minimum Gasteiger partial charge on any atom is -0.351 e. The number of carbonyl (C=O) groups excluding carboxylic acids is 1. The Morgan fingerprint density at radius 3 is 2.87 bits per heavy atom. The number of nitrogens with one attached hydrogen (secondary N) is 1. The van der Waals surface area contributed by atoms with Crippen LogP contribution in [0.5, 0.6) is 0 Å². The van der Waals surface area contributed by atoms with Crippen molar-refractivity contribution in [3.8, 4) is 11.4 Å². The molecule has 122 valence electrons. The predicted molar refractivity (Wildman–Crippen MR) is 87.6 cm³/mol. The summed E-state index contributed by atoms with van der Waals surface area (Å²) in [5.41, 5.74) is 2.03. The molecule has 1 fully saturated rings. The summed E-state index contributed by atoms with van der Waals surface area (Å²) in [5.74, 6) is 1.05. The van der Waals surface area contributed by atoms with E-state index in [0.29, 0.717) is 11.7 Å². The molecule has 3 rings (SSSR count). The van der Waals surface area contributed by atoms with Crippen LogP contribution < -0.4 is 5.32 Å². The molecule has 0 radical (unpaired) electrons. The fraction of sp³-hybridized carbons (Fsp3) is 0.529. The third-order valence-corrected chi connectivity index (χ3v) is 4.58. The largest absolute Gasteiger partial charge is 0.351 e. The summed E-state index contributed by atoms with van der Waals surface area (Å²) in [4.78, 5) is 13.6. The standard InChI is InChI=1S/C17H23N5O/c1-12-7-3-5-9-14(12)17-19-21-22(20-17)11-16(23)18-15-10-6-4-8-13(15)2/h3,5,7,9,13,15H,4,6,8,10-11H2,1-2H3,(H,18,23). The molecule has 1 aliphatic rings. The highest BCUT2D eigenvalue weighted by Gasteiger charge is 2.23. The number of hydrogen-bond donors (Lipinski definition) is 1. The quantitative estimate of drug-likeness (QED) is 0.940. The normalized spacial score (nSPS) is 21.1. The van der Waals surface area contributed by atoms with Crippen molar-refractivity contribution in [1.82, 2.24) is 25.5 Å². The van der Waals surface area contributed by atoms with Crippen molar-refractivity contribution < 1.29 is 4.79 Å². The van der Waals surface area contributed by atoms with E-state index in [0.717, 1.165) is 17.5 Å². The van der Waals surface area contributed by atoms with E-state index in [1.807, 2.05) is 31.2 Å². The van der Waals surface area contributed by atoms with E-state index in [-0.39, 0.29) is 18.5 Å². The van der Waals surface area contributed by atoms with E-state index in [1.165, 1.54) is 24.1 Å². The monoisotopic (exact) mass is 313 g/mol. The molecule has 1 N–H and O–H groups in total. The molecule has 0 saturated heterocycles. The number of rotatable bonds is 4. The summed E-state index contributed by atoms with van der Waals surface area (Å²) >= 11 is 0. The van der Waals surface area contributed by atoms with Gasteiger partial charge in [-0.1, -0.05) is 44.0 Å². The molecule has 23 heavy (non-hydrogen) atoms. The van der Waals surface area contributed by atoms with Gasteiger partial charge in [-0.05, 0) is 36.5 Å². The second-order valence-corrected chi connectivity index (χ2v) is 6.39. The Morgan fingerprint density at radius 2 is 2.09 bits per heavy atom. The molecule has 2 aromatic rings. The Kier molecular flexibility index (Phi) is 4.69. The molecule has 1 saturated carbocycles. The highest BCUT2D eigenvalue weighted by atomic mass is 16.2. The maximum Gasteiger partial charge on any atom is 0.243 e. The molecule has 0 spiro atoms. The molecule has 1 amide bonds. The fourth-order valence-corrected chi connectivity index (χ4v) is 3.15. The lowest BCUT2D eigenvalue weighted by molar-refractivity contribution is -0.123. The number of carbonyl (C=O) groups is 1. The lowest BCUT2D eigenvalue weighted by atomic mass is 9.86. The molecule has 1 aromatic heterocycles. The number of tetrazole rings is 1. The first kappa shape index (κ1) is 15.6. The van der Waals surface area contributed by atoms with Crippen LogP contribution in [0, 0.1) is 12.8 Å². The van der Waals surface area contributed by atoms with Gasteiger partial charge in [0, 0.05) is 11.6 Å². The van der Waals surface area contributed by atoms with Crippen molar-refractivity contribution in [1.29, 1.82) is 0 Å². The van der Waals surface area contributed by atoms with E-state index in [4.69, 9.17) is 0 Å². The average Bonchev–Trinajstić information content (AvgIpc) is 2.98. The number of aromatic nitrogens is 4. The topological polar surface area (TPSA) is 72.7 Å². The van der Waals surface area contributed by atoms with Crippen LogP contribution in [-0.2, 0) is 11.3 Å². The van der Waals surface area contributed by atoms with Gasteiger partial charge in [0.15, 0.2) is 0 Å². The lowest BCUT2D eigenvalue weighted by Crippen LogP contribution is -2.42. The number of amides is 1. The zero-order valence-corrected chi connectivity index (χ0v) is 13.7. The number of hydrogen-bond acceptors (Lipinski definition) is 4. The van der Waals surface area contributed by atoms with Gasteiger partial charge in [-0.2, -0.15) is 4.80 Å². The zero-order valence-electron chi connectivity index (χ0n) is 13.7. The van der Waals surface area contributed by atoms with Crippen molar-refractivity contribution in [3.05, 3.63) is 29.8 Å². The van der Waals surface area contributed by atoms with Gasteiger partial charge >= 0.3 is 0 Å². The molecule has 2 unspecified atom stereocenters. The van der Waals surface area contributed by atoms with Crippen LogP contribution >= 0.6 is 0 Å². The summed E-state index contributed by atoms with van der Waals surface area (Å²) in [6.07, 6.45) is 4.70. The minimum atomic E-state index is -0.0440. The van der Waals surface area contributed by atoms with Crippen LogP contribution in [0.1, 0.15) is 38.2 Å². The van der Waals surface area contributed by atoms with Crippen molar-refractivity contribution in [2.24, 2.45) is 5.92 Å². The Bertz CT molecular complexity index is 681. The summed E-state index contributed by atoms with van der Waals surface area (Å²) < 4.78 is 0. The van der Waals surface area contributed by atoms with Gasteiger partial charge in [-0.25, -0.2) is 0 Å². The van der Waals surface area contributed by atoms with Gasteiger partial charge in [0.1, 0.15) is 6.54 Å². The Morgan fingerprint density at radius 1 is 1.30 bits per heavy atom. The third kappa shape index (κ3) is 3.75. The molecule has 6 heteroatoms. The minimum absolute atomic E-state index is 0.0440. The highest BCUT2D eigenvalue weighted by Crippen LogP contribution is 2.23. The van der Waals surface area contributed by atoms with Gasteiger partial charge < -0.3 is 5.32 Å². The highest BCUT2D eigenvalue weighted by molar-refractivity contribution is 5.75. The Balaban J connectivity index is 1.62. The first-order valence-electron chi connectivity index (χ1n) is 8.26. The van der Waals surface area contributed by atoms with Crippen molar-refractivity contribution in [2.75, 3.05) is 0 Å². The Hall–Kier alpha value is -2.24. The van der Waals surface area contributed by atoms with Gasteiger partial charge in [-0.3, -0.25) is 4.79 Å². The van der Waals surface area contributed by atoms with Crippen LogP contribution in [0.3, 0.4) is 0 Å². The molecule has 1 aromatic carbocycles. The predicted octanol–water partition coefficient (Wildman–Crippen LogP) is 2.34. The molecule has 2 atom stereocenters. The van der Waals surface area contributed by atoms with Gasteiger partial charge in [0.25, 0.3) is 0 Å². The van der Waals surface area contributed by atoms with Gasteiger partial charge in [0.2, 0.25) is 11.7 Å². The molecule has 0 aliphatic heterocycles. The van der Waals surface area contributed by atoms with Crippen LogP contribution in [0.2, 0.25) is 0 Å². The van der Waals surface area contributed by atoms with Crippen molar-refractivity contribution in [2.45, 2.75) is 52.1 Å². The third-order valence-electron chi connectivity index (χ3n) is 4.58. The van der Waals surface area contributed by atoms with E-state index < -0.39 is 0 Å². The molecular weight excluding hydrogens is 290 g/mol. The van der Waals surface area contributed by atoms with E-state index in [1.54, 1.807) is 0 Å². The van der Waals surface area contributed by atoms with E-state index >= 15 is 0 Å². The van der Waals surface area contributed by atoms with Gasteiger partial charge in [0.05, 0.1) is 0 Å². The first-order chi connectivity index (χ1) is 11.1. The summed E-state index contributed by atoms with van der Waals surface area (Å²) in [5, 5.41) is 15.5. The van der Waals surface area contributed by atoms with Crippen LogP contribution in [0.4, 0.5) is 0 Å². The second kappa shape index (κ2) is 6.89. The van der Waals surface area contributed by atoms with Crippen LogP contribution in [-0.4, -0.2) is 32.2 Å². The zero-order chi connectivity index (χ0) is 16.2. The molecule has 6 nitrogen and oxygen atoms in total. The molecular formula is C17H23N5O. The summed E-state index contributed by atoms with van der Waals surface area (Å²) in [6.45, 7) is 4.32. The number of nitrogens with zero attached hydrogens (tertiary/aromatic N) is 4. The second-order valence-electron chi connectivity index (χ2n) is 6.39. The maximum absolute atomic E-state index is 12.2. The smallest absolute Gasteiger partial charge is 0.243 e. The van der Waals surface area contributed by atoms with Crippen LogP contribution in [0.25, 0.3) is 11.4 Å². The van der Waals surface area contributed by atoms with E-state index in [2.05, 4.69) is 27.7 Å². The molecule has 1 aliphatic carbocycles. The SMILES string of the molecule is Cc1ccccc1-c1nnn(CC(=O)NC2CCCCC2C)n1. The Labute approximate surface area is 136 Å². The lowest BCUT2D eigenvalue weighted by Gasteiger charge is -2.29. The summed E-state index contributed by atoms with van der Waals surface area (Å²) in [7, 11) is 0. The van der Waals surface area contributed by atoms with E-state index in [9.17, 15) is 4.79 Å². The molecule has 1 heterocycles. The fourth-order valence-electron chi connectivity index (χ4n) is 3.15.